The summed E-state index contributed by atoms with van der Waals surface area (Å²) < 4.78 is 11.5. The van der Waals surface area contributed by atoms with E-state index in [9.17, 15) is 19.5 Å². The molecule has 10 unspecified atom stereocenters. The third kappa shape index (κ3) is 4.28. The van der Waals surface area contributed by atoms with E-state index < -0.39 is 23.0 Å². The summed E-state index contributed by atoms with van der Waals surface area (Å²) in [6.07, 6.45) is 5.99. The zero-order valence-corrected chi connectivity index (χ0v) is 23.5. The molecular weight excluding hydrogens is 456 g/mol. The molecule has 0 radical (unpaired) electrons. The number of carbonyl (C=O) groups excluding carboxylic acids is 3. The molecule has 2 aliphatic carbocycles. The largest absolute Gasteiger partial charge is 0.466 e. The molecule has 10 atom stereocenters. The topological polar surface area (TPSA) is 89.9 Å². The molecule has 4 aliphatic rings. The molecule has 0 aromatic rings. The van der Waals surface area contributed by atoms with Crippen LogP contribution >= 0.6 is 0 Å². The van der Waals surface area contributed by atoms with Crippen LogP contribution in [0, 0.1) is 52.3 Å². The summed E-state index contributed by atoms with van der Waals surface area (Å²) in [4.78, 5) is 39.2. The maximum Gasteiger partial charge on any atom is 0.302 e. The molecule has 0 spiro atoms. The first-order chi connectivity index (χ1) is 16.8. The number of ether oxygens (including phenoxy) is 2. The first-order valence-corrected chi connectivity index (χ1v) is 14.4. The number of aliphatic hydroxyl groups is 1. The van der Waals surface area contributed by atoms with Crippen LogP contribution in [-0.2, 0) is 23.9 Å². The molecule has 2 saturated heterocycles. The van der Waals surface area contributed by atoms with Crippen LogP contribution in [0.2, 0.25) is 0 Å². The van der Waals surface area contributed by atoms with E-state index in [1.54, 1.807) is 0 Å². The van der Waals surface area contributed by atoms with E-state index in [0.29, 0.717) is 49.5 Å². The van der Waals surface area contributed by atoms with Gasteiger partial charge in [-0.2, -0.15) is 0 Å². The molecule has 1 N–H and O–H groups in total. The molecule has 0 aromatic carbocycles. The molecular formula is C30H48O6. The summed E-state index contributed by atoms with van der Waals surface area (Å²) in [5.41, 5.74) is -1.31. The summed E-state index contributed by atoms with van der Waals surface area (Å²) in [5, 5.41) is 11.8. The summed E-state index contributed by atoms with van der Waals surface area (Å²) in [6.45, 7) is 15.0. The Balaban J connectivity index is 1.65. The van der Waals surface area contributed by atoms with Gasteiger partial charge in [-0.25, -0.2) is 0 Å². The molecule has 0 amide bonds. The Labute approximate surface area is 217 Å². The molecule has 6 nitrogen and oxygen atoms in total. The minimum absolute atomic E-state index is 0.00847. The highest BCUT2D eigenvalue weighted by molar-refractivity contribution is 5.99. The maximum absolute atomic E-state index is 14.1. The average Bonchev–Trinajstić information content (AvgIpc) is 3.22. The Morgan fingerprint density at radius 1 is 1.11 bits per heavy atom. The van der Waals surface area contributed by atoms with Crippen molar-refractivity contribution in [1.29, 1.82) is 0 Å². The van der Waals surface area contributed by atoms with Crippen molar-refractivity contribution in [3.63, 3.8) is 0 Å². The first-order valence-electron chi connectivity index (χ1n) is 14.4. The molecule has 6 heteroatoms. The Bertz CT molecular complexity index is 883. The van der Waals surface area contributed by atoms with Crippen LogP contribution in [0.3, 0.4) is 0 Å². The number of rotatable bonds is 9. The van der Waals surface area contributed by atoms with Gasteiger partial charge in [-0.1, -0.05) is 47.5 Å². The van der Waals surface area contributed by atoms with Gasteiger partial charge in [-0.3, -0.25) is 14.4 Å². The van der Waals surface area contributed by atoms with Gasteiger partial charge in [-0.05, 0) is 74.0 Å². The fourth-order valence-electron chi connectivity index (χ4n) is 8.54. The number of Topliss-reactive ketones (excluding diaryl/α,β-unsaturated/α-hetero) is 2. The van der Waals surface area contributed by atoms with Crippen LogP contribution in [-0.4, -0.2) is 41.1 Å². The number of ketones is 2. The third-order valence-corrected chi connectivity index (χ3v) is 11.3. The van der Waals surface area contributed by atoms with Crippen molar-refractivity contribution in [3.8, 4) is 0 Å². The number of esters is 1. The second kappa shape index (κ2) is 9.80. The lowest BCUT2D eigenvalue weighted by molar-refractivity contribution is -0.324. The van der Waals surface area contributed by atoms with Crippen molar-refractivity contribution >= 4 is 17.5 Å². The predicted octanol–water partition coefficient (Wildman–Crippen LogP) is 5.34. The molecule has 2 heterocycles. The Morgan fingerprint density at radius 2 is 1.81 bits per heavy atom. The smallest absolute Gasteiger partial charge is 0.302 e. The van der Waals surface area contributed by atoms with Gasteiger partial charge in [0.1, 0.15) is 11.6 Å². The monoisotopic (exact) mass is 504 g/mol. The molecule has 204 valence electrons. The van der Waals surface area contributed by atoms with E-state index in [2.05, 4.69) is 34.6 Å². The highest BCUT2D eigenvalue weighted by atomic mass is 16.6. The number of carbonyl (C=O) groups is 3. The maximum atomic E-state index is 14.1. The van der Waals surface area contributed by atoms with Crippen molar-refractivity contribution in [2.45, 2.75) is 112 Å². The van der Waals surface area contributed by atoms with E-state index in [1.165, 1.54) is 6.92 Å². The van der Waals surface area contributed by atoms with Gasteiger partial charge in [0.25, 0.3) is 0 Å². The fraction of sp³-hybridized carbons (Fsp3) is 0.900. The highest BCUT2D eigenvalue weighted by Gasteiger charge is 2.75. The van der Waals surface area contributed by atoms with Crippen molar-refractivity contribution in [2.24, 2.45) is 52.3 Å². The van der Waals surface area contributed by atoms with Gasteiger partial charge in [-0.15, -0.1) is 0 Å². The van der Waals surface area contributed by atoms with Crippen LogP contribution < -0.4 is 0 Å². The summed E-state index contributed by atoms with van der Waals surface area (Å²) >= 11 is 0. The van der Waals surface area contributed by atoms with E-state index in [0.717, 1.165) is 25.7 Å². The summed E-state index contributed by atoms with van der Waals surface area (Å²) in [5.74, 6) is -1.26. The van der Waals surface area contributed by atoms with Crippen LogP contribution in [0.5, 0.6) is 0 Å². The van der Waals surface area contributed by atoms with Gasteiger partial charge < -0.3 is 14.6 Å². The normalized spacial score (nSPS) is 43.6. The second-order valence-corrected chi connectivity index (χ2v) is 13.5. The molecule has 2 saturated carbocycles. The molecule has 4 fully saturated rings. The lowest BCUT2D eigenvalue weighted by Crippen LogP contribution is -2.61. The van der Waals surface area contributed by atoms with Gasteiger partial charge in [0.2, 0.25) is 0 Å². The van der Waals surface area contributed by atoms with Crippen molar-refractivity contribution in [1.82, 2.24) is 0 Å². The number of hydrogen-bond acceptors (Lipinski definition) is 6. The molecule has 2 aliphatic heterocycles. The van der Waals surface area contributed by atoms with Crippen LogP contribution in [0.4, 0.5) is 0 Å². The van der Waals surface area contributed by atoms with Gasteiger partial charge in [0.15, 0.2) is 5.79 Å². The minimum atomic E-state index is -1.69. The highest BCUT2D eigenvalue weighted by Crippen LogP contribution is 2.66. The predicted molar refractivity (Wildman–Crippen MR) is 137 cm³/mol. The molecule has 4 rings (SSSR count). The Morgan fingerprint density at radius 3 is 2.44 bits per heavy atom. The van der Waals surface area contributed by atoms with Gasteiger partial charge in [0, 0.05) is 19.3 Å². The minimum Gasteiger partial charge on any atom is -0.466 e. The Hall–Kier alpha value is -1.27. The lowest BCUT2D eigenvalue weighted by Gasteiger charge is -2.50. The second-order valence-electron chi connectivity index (χ2n) is 13.5. The van der Waals surface area contributed by atoms with Crippen LogP contribution in [0.1, 0.15) is 99.8 Å². The SMILES string of the molecule is CC(=O)OCCC1(C)C(C(C)CCC(C)C(C)C)CCC1C1C(=O)C2(C)CCC3CC(=O)C1C2(O)O3. The van der Waals surface area contributed by atoms with Crippen LogP contribution in [0.25, 0.3) is 0 Å². The van der Waals surface area contributed by atoms with E-state index in [4.69, 9.17) is 9.47 Å². The average molecular weight is 505 g/mol. The summed E-state index contributed by atoms with van der Waals surface area (Å²) in [6, 6.07) is 0. The zero-order chi connectivity index (χ0) is 26.6. The molecule has 0 aromatic heterocycles. The lowest BCUT2D eigenvalue weighted by atomic mass is 9.61. The number of fused-ring (bicyclic) bond motifs is 1. The Kier molecular flexibility index (Phi) is 7.55. The van der Waals surface area contributed by atoms with Crippen molar-refractivity contribution in [3.05, 3.63) is 0 Å². The third-order valence-electron chi connectivity index (χ3n) is 11.3. The summed E-state index contributed by atoms with van der Waals surface area (Å²) in [7, 11) is 0. The fourth-order valence-corrected chi connectivity index (χ4v) is 8.54. The standard InChI is InChI=1S/C30H48O6/c1-17(2)18(3)8-9-19(4)22-10-11-23(28(22,6)14-15-35-20(5)31)25-26-24(32)16-21-12-13-29(7,27(25)33)30(26,34)36-21/h17-19,21-23,25-26,34H,8-16H2,1-7H3. The van der Waals surface area contributed by atoms with Gasteiger partial charge in [0.05, 0.1) is 24.0 Å². The van der Waals surface area contributed by atoms with Crippen molar-refractivity contribution < 1.29 is 29.0 Å². The van der Waals surface area contributed by atoms with Gasteiger partial charge >= 0.3 is 5.97 Å². The quantitative estimate of drug-likeness (QED) is 0.426. The zero-order valence-electron chi connectivity index (χ0n) is 23.5. The van der Waals surface area contributed by atoms with E-state index in [-0.39, 0.29) is 41.4 Å². The van der Waals surface area contributed by atoms with Crippen molar-refractivity contribution in [2.75, 3.05) is 6.61 Å². The molecule has 2 bridgehead atoms. The number of hydrogen-bond donors (Lipinski definition) is 1. The van der Waals surface area contributed by atoms with E-state index >= 15 is 0 Å². The van der Waals surface area contributed by atoms with E-state index in [1.807, 2.05) is 6.92 Å². The van der Waals surface area contributed by atoms with Crippen LogP contribution in [0.15, 0.2) is 0 Å². The first kappa shape index (κ1) is 27.8. The molecule has 36 heavy (non-hydrogen) atoms.